The lowest BCUT2D eigenvalue weighted by molar-refractivity contribution is -0.139. The first-order valence-corrected chi connectivity index (χ1v) is 16.1. The number of nitrogens with one attached hydrogen (secondary N) is 5. The highest BCUT2D eigenvalue weighted by Gasteiger charge is 2.33. The SMILES string of the molecule is Cc1c(C)c(S(=O)(=O)NC(=N)NCCC[C@H](NC(=O)c2ccc(CC(C)(C)C)[nH]c2=O)C(=O)O)c(C)c2c1OC(C)(C)CC2. The van der Waals surface area contributed by atoms with Crippen LogP contribution in [-0.4, -0.2) is 54.5 Å². The molecule has 0 spiro atoms. The average molecular weight is 632 g/mol. The van der Waals surface area contributed by atoms with Crippen molar-refractivity contribution in [3.05, 3.63) is 56.0 Å². The first-order chi connectivity index (χ1) is 20.2. The van der Waals surface area contributed by atoms with E-state index in [2.05, 4.69) is 20.3 Å². The van der Waals surface area contributed by atoms with Crippen molar-refractivity contribution in [2.45, 2.75) is 104 Å². The van der Waals surface area contributed by atoms with E-state index in [1.807, 2.05) is 41.5 Å². The van der Waals surface area contributed by atoms with E-state index in [0.29, 0.717) is 35.4 Å². The molecule has 1 atom stereocenters. The molecular weight excluding hydrogens is 586 g/mol. The molecular formula is C31H45N5O7S. The number of carbonyl (C=O) groups is 2. The Balaban J connectivity index is 1.60. The summed E-state index contributed by atoms with van der Waals surface area (Å²) in [4.78, 5) is 39.7. The molecule has 1 aromatic heterocycles. The molecule has 0 aliphatic carbocycles. The second-order valence-corrected chi connectivity index (χ2v) is 14.9. The van der Waals surface area contributed by atoms with E-state index in [-0.39, 0.29) is 40.9 Å². The number of aliphatic carboxylic acids is 1. The third-order valence-electron chi connectivity index (χ3n) is 7.68. The average Bonchev–Trinajstić information content (AvgIpc) is 2.87. The highest BCUT2D eigenvalue weighted by atomic mass is 32.2. The molecule has 0 fully saturated rings. The summed E-state index contributed by atoms with van der Waals surface area (Å²) in [5.74, 6) is -1.84. The number of H-pyrrole nitrogens is 1. The Morgan fingerprint density at radius 2 is 1.80 bits per heavy atom. The van der Waals surface area contributed by atoms with E-state index in [4.69, 9.17) is 10.1 Å². The molecule has 0 radical (unpaired) electrons. The Kier molecular flexibility index (Phi) is 10.2. The zero-order valence-electron chi connectivity index (χ0n) is 26.8. The van der Waals surface area contributed by atoms with Crippen LogP contribution >= 0.6 is 0 Å². The van der Waals surface area contributed by atoms with Gasteiger partial charge < -0.3 is 25.5 Å². The first-order valence-electron chi connectivity index (χ1n) is 14.6. The number of carbonyl (C=O) groups excluding carboxylic acids is 1. The number of hydrogen-bond donors (Lipinski definition) is 6. The van der Waals surface area contributed by atoms with Gasteiger partial charge in [0.05, 0.1) is 4.90 Å². The van der Waals surface area contributed by atoms with Gasteiger partial charge >= 0.3 is 5.97 Å². The van der Waals surface area contributed by atoms with Crippen LogP contribution in [0.2, 0.25) is 0 Å². The van der Waals surface area contributed by atoms with E-state index in [1.165, 1.54) is 6.07 Å². The number of amides is 1. The maximum Gasteiger partial charge on any atom is 0.326 e. The molecule has 0 saturated carbocycles. The van der Waals surface area contributed by atoms with Crippen LogP contribution in [-0.2, 0) is 27.7 Å². The van der Waals surface area contributed by atoms with Crippen LogP contribution in [0.5, 0.6) is 5.75 Å². The molecule has 2 heterocycles. The molecule has 13 heteroatoms. The number of aromatic nitrogens is 1. The summed E-state index contributed by atoms with van der Waals surface area (Å²) in [5.41, 5.74) is 2.16. The van der Waals surface area contributed by atoms with Crippen molar-refractivity contribution in [1.82, 2.24) is 20.3 Å². The Bertz CT molecular complexity index is 1620. The molecule has 0 unspecified atom stereocenters. The number of benzene rings is 1. The standard InChI is InChI=1S/C31H45N5O7S/c1-17-18(2)25(19(3)21-13-14-31(7,8)43-24(17)21)44(41,42)36-29(32)33-15-9-10-23(28(39)40)35-27(38)22-12-11-20(34-26(22)37)16-30(4,5)6/h11-12,23H,9-10,13-16H2,1-8H3,(H,34,37)(H,35,38)(H,39,40)(H3,32,33,36)/t23-/m0/s1. The molecule has 1 aliphatic heterocycles. The van der Waals surface area contributed by atoms with Crippen molar-refractivity contribution in [3.8, 4) is 5.75 Å². The van der Waals surface area contributed by atoms with Crippen LogP contribution in [0.1, 0.15) is 92.2 Å². The smallest absolute Gasteiger partial charge is 0.326 e. The predicted octanol–water partition coefficient (Wildman–Crippen LogP) is 3.46. The Morgan fingerprint density at radius 3 is 2.39 bits per heavy atom. The second kappa shape index (κ2) is 13.0. The quantitative estimate of drug-likeness (QED) is 0.130. The van der Waals surface area contributed by atoms with Crippen molar-refractivity contribution >= 4 is 27.9 Å². The van der Waals surface area contributed by atoms with Gasteiger partial charge in [0, 0.05) is 12.2 Å². The molecule has 0 saturated heterocycles. The fraction of sp³-hybridized carbons (Fsp3) is 0.548. The molecule has 44 heavy (non-hydrogen) atoms. The highest BCUT2D eigenvalue weighted by Crippen LogP contribution is 2.42. The Hall–Kier alpha value is -3.87. The monoisotopic (exact) mass is 631 g/mol. The van der Waals surface area contributed by atoms with Crippen molar-refractivity contribution in [3.63, 3.8) is 0 Å². The van der Waals surface area contributed by atoms with Gasteiger partial charge in [-0.15, -0.1) is 0 Å². The number of aromatic amines is 1. The summed E-state index contributed by atoms with van der Waals surface area (Å²) in [5, 5.41) is 22.8. The maximum absolute atomic E-state index is 13.4. The molecule has 242 valence electrons. The molecule has 6 N–H and O–H groups in total. The van der Waals surface area contributed by atoms with Gasteiger partial charge in [-0.05, 0) is 107 Å². The van der Waals surface area contributed by atoms with Crippen molar-refractivity contribution < 1.29 is 27.9 Å². The van der Waals surface area contributed by atoms with Crippen LogP contribution in [0.3, 0.4) is 0 Å². The van der Waals surface area contributed by atoms with Gasteiger partial charge in [0.25, 0.3) is 21.5 Å². The summed E-state index contributed by atoms with van der Waals surface area (Å²) in [6.45, 7) is 15.4. The van der Waals surface area contributed by atoms with Crippen molar-refractivity contribution in [2.75, 3.05) is 6.54 Å². The van der Waals surface area contributed by atoms with Crippen molar-refractivity contribution in [1.29, 1.82) is 5.41 Å². The number of ether oxygens (including phenoxy) is 1. The fourth-order valence-electron chi connectivity index (χ4n) is 5.35. The molecule has 1 aromatic carbocycles. The summed E-state index contributed by atoms with van der Waals surface area (Å²) in [7, 11) is -4.11. The van der Waals surface area contributed by atoms with Gasteiger partial charge in [-0.1, -0.05) is 20.8 Å². The summed E-state index contributed by atoms with van der Waals surface area (Å²) in [6.07, 6.45) is 2.18. The molecule has 3 rings (SSSR count). The highest BCUT2D eigenvalue weighted by molar-refractivity contribution is 7.90. The number of guanidine groups is 1. The number of rotatable bonds is 10. The van der Waals surface area contributed by atoms with Crippen LogP contribution in [0.4, 0.5) is 0 Å². The lowest BCUT2D eigenvalue weighted by Gasteiger charge is -2.35. The predicted molar refractivity (Wildman–Crippen MR) is 168 cm³/mol. The molecule has 2 aromatic rings. The van der Waals surface area contributed by atoms with Gasteiger partial charge in [0.1, 0.15) is 23.0 Å². The number of sulfonamides is 1. The topological polar surface area (TPSA) is 191 Å². The third kappa shape index (κ3) is 8.40. The normalized spacial score (nSPS) is 15.0. The number of fused-ring (bicyclic) bond motifs is 1. The van der Waals surface area contributed by atoms with E-state index in [9.17, 15) is 27.9 Å². The van der Waals surface area contributed by atoms with Gasteiger partial charge in [-0.25, -0.2) is 17.9 Å². The van der Waals surface area contributed by atoms with Crippen LogP contribution in [0, 0.1) is 31.6 Å². The lowest BCUT2D eigenvalue weighted by Crippen LogP contribution is -2.44. The maximum atomic E-state index is 13.4. The number of pyridine rings is 1. The van der Waals surface area contributed by atoms with Crippen molar-refractivity contribution in [2.24, 2.45) is 5.41 Å². The first kappa shape index (κ1) is 34.6. The van der Waals surface area contributed by atoms with Gasteiger partial charge in [0.2, 0.25) is 5.96 Å². The minimum absolute atomic E-state index is 0.0211. The minimum Gasteiger partial charge on any atom is -0.487 e. The van der Waals surface area contributed by atoms with Gasteiger partial charge in [-0.2, -0.15) is 0 Å². The lowest BCUT2D eigenvalue weighted by atomic mass is 9.88. The summed E-state index contributed by atoms with van der Waals surface area (Å²) >= 11 is 0. The zero-order chi connectivity index (χ0) is 33.2. The van der Waals surface area contributed by atoms with Gasteiger partial charge in [-0.3, -0.25) is 15.0 Å². The molecule has 1 amide bonds. The van der Waals surface area contributed by atoms with E-state index < -0.39 is 39.5 Å². The fourth-order valence-corrected chi connectivity index (χ4v) is 6.88. The van der Waals surface area contributed by atoms with Gasteiger partial charge in [0.15, 0.2) is 0 Å². The summed E-state index contributed by atoms with van der Waals surface area (Å²) < 4.78 is 35.2. The Labute approximate surface area is 258 Å². The number of carboxylic acid groups (broad SMARTS) is 1. The van der Waals surface area contributed by atoms with E-state index in [1.54, 1.807) is 19.9 Å². The Morgan fingerprint density at radius 1 is 1.14 bits per heavy atom. The molecule has 0 bridgehead atoms. The number of hydrogen-bond acceptors (Lipinski definition) is 7. The molecule has 12 nitrogen and oxygen atoms in total. The zero-order valence-corrected chi connectivity index (χ0v) is 27.6. The van der Waals surface area contributed by atoms with Crippen LogP contribution < -0.4 is 25.7 Å². The third-order valence-corrected chi connectivity index (χ3v) is 9.30. The van der Waals surface area contributed by atoms with Crippen LogP contribution in [0.25, 0.3) is 0 Å². The largest absolute Gasteiger partial charge is 0.487 e. The van der Waals surface area contributed by atoms with Crippen LogP contribution in [0.15, 0.2) is 21.8 Å². The molecule has 1 aliphatic rings. The number of carboxylic acids is 1. The summed E-state index contributed by atoms with van der Waals surface area (Å²) in [6, 6.07) is 1.72. The minimum atomic E-state index is -4.11. The second-order valence-electron chi connectivity index (χ2n) is 13.3. The van der Waals surface area contributed by atoms with E-state index >= 15 is 0 Å². The van der Waals surface area contributed by atoms with E-state index in [0.717, 1.165) is 17.5 Å².